The van der Waals surface area contributed by atoms with E-state index in [9.17, 15) is 9.59 Å². The molecule has 0 saturated carbocycles. The first-order chi connectivity index (χ1) is 14.4. The van der Waals surface area contributed by atoms with Gasteiger partial charge in [0.1, 0.15) is 5.75 Å². The Morgan fingerprint density at radius 3 is 2.37 bits per heavy atom. The third-order valence-corrected chi connectivity index (χ3v) is 4.86. The number of methoxy groups -OCH3 is 1. The van der Waals surface area contributed by atoms with Gasteiger partial charge in [0.15, 0.2) is 0 Å². The molecule has 0 bridgehead atoms. The van der Waals surface area contributed by atoms with E-state index < -0.39 is 0 Å². The first kappa shape index (κ1) is 21.4. The maximum atomic E-state index is 12.6. The second kappa shape index (κ2) is 9.45. The fourth-order valence-corrected chi connectivity index (χ4v) is 3.08. The van der Waals surface area contributed by atoms with Crippen molar-refractivity contribution in [2.75, 3.05) is 25.5 Å². The minimum atomic E-state index is -0.324. The predicted molar refractivity (Wildman–Crippen MR) is 117 cm³/mol. The molecular formula is C22H23ClN4O3. The lowest BCUT2D eigenvalue weighted by Crippen LogP contribution is -2.36. The maximum Gasteiger partial charge on any atom is 0.246 e. The van der Waals surface area contributed by atoms with Crippen LogP contribution in [0.5, 0.6) is 5.75 Å². The van der Waals surface area contributed by atoms with E-state index in [1.54, 1.807) is 23.8 Å². The normalized spacial score (nSPS) is 10.5. The summed E-state index contributed by atoms with van der Waals surface area (Å²) in [4.78, 5) is 30.3. The minimum absolute atomic E-state index is 0.0441. The van der Waals surface area contributed by atoms with Gasteiger partial charge in [-0.25, -0.2) is 4.98 Å². The molecule has 3 rings (SSSR count). The number of ether oxygens (including phenoxy) is 1. The van der Waals surface area contributed by atoms with Crippen molar-refractivity contribution in [3.63, 3.8) is 0 Å². The Kier molecular flexibility index (Phi) is 6.74. The van der Waals surface area contributed by atoms with Crippen molar-refractivity contribution in [2.45, 2.75) is 13.8 Å². The Balaban J connectivity index is 1.95. The molecule has 0 atom stereocenters. The average Bonchev–Trinajstić information content (AvgIpc) is 3.15. The van der Waals surface area contributed by atoms with Crippen molar-refractivity contribution in [3.05, 3.63) is 59.8 Å². The number of imidazole rings is 1. The highest BCUT2D eigenvalue weighted by atomic mass is 35.5. The van der Waals surface area contributed by atoms with Gasteiger partial charge in [-0.05, 0) is 43.3 Å². The topological polar surface area (TPSA) is 76.5 Å². The second-order valence-electron chi connectivity index (χ2n) is 6.61. The van der Waals surface area contributed by atoms with Gasteiger partial charge < -0.3 is 9.64 Å². The van der Waals surface area contributed by atoms with Crippen LogP contribution in [0.4, 0.5) is 5.95 Å². The van der Waals surface area contributed by atoms with Crippen molar-refractivity contribution >= 4 is 29.4 Å². The smallest absolute Gasteiger partial charge is 0.246 e. The number of rotatable bonds is 7. The van der Waals surface area contributed by atoms with Gasteiger partial charge in [0.2, 0.25) is 17.8 Å². The highest BCUT2D eigenvalue weighted by Crippen LogP contribution is 2.26. The minimum Gasteiger partial charge on any atom is -0.497 e. The molecule has 1 aromatic heterocycles. The zero-order valence-electron chi connectivity index (χ0n) is 17.1. The number of amides is 2. The Bertz CT molecular complexity index is 1030. The van der Waals surface area contributed by atoms with Crippen LogP contribution < -0.4 is 10.1 Å². The predicted octanol–water partition coefficient (Wildman–Crippen LogP) is 4.01. The molecule has 0 aliphatic carbocycles. The molecule has 0 aliphatic heterocycles. The third-order valence-electron chi connectivity index (χ3n) is 4.61. The number of likely N-dealkylation sites (N-methyl/N-ethyl adjacent to an activating group) is 1. The van der Waals surface area contributed by atoms with Crippen LogP contribution in [0, 0.1) is 0 Å². The zero-order chi connectivity index (χ0) is 21.7. The van der Waals surface area contributed by atoms with Crippen molar-refractivity contribution in [3.8, 4) is 22.7 Å². The van der Waals surface area contributed by atoms with Gasteiger partial charge >= 0.3 is 0 Å². The lowest BCUT2D eigenvalue weighted by Gasteiger charge is -2.18. The molecule has 8 heteroatoms. The van der Waals surface area contributed by atoms with Crippen molar-refractivity contribution in [2.24, 2.45) is 0 Å². The average molecular weight is 427 g/mol. The molecule has 0 spiro atoms. The van der Waals surface area contributed by atoms with Crippen LogP contribution >= 0.6 is 11.6 Å². The summed E-state index contributed by atoms with van der Waals surface area (Å²) in [6, 6.07) is 14.7. The maximum absolute atomic E-state index is 12.6. The zero-order valence-corrected chi connectivity index (χ0v) is 17.8. The number of hydrogen-bond donors (Lipinski definition) is 1. The van der Waals surface area contributed by atoms with Crippen LogP contribution in [-0.2, 0) is 9.59 Å². The molecule has 2 aromatic carbocycles. The Morgan fingerprint density at radius 1 is 1.13 bits per heavy atom. The van der Waals surface area contributed by atoms with Crippen LogP contribution in [0.3, 0.4) is 0 Å². The fourth-order valence-electron chi connectivity index (χ4n) is 2.95. The van der Waals surface area contributed by atoms with Crippen LogP contribution in [0.2, 0.25) is 5.02 Å². The number of anilines is 1. The van der Waals surface area contributed by atoms with Gasteiger partial charge in [0.25, 0.3) is 0 Å². The number of nitrogens with zero attached hydrogens (tertiary/aromatic N) is 3. The number of nitrogens with one attached hydrogen (secondary N) is 1. The first-order valence-electron chi connectivity index (χ1n) is 9.46. The third kappa shape index (κ3) is 4.99. The van der Waals surface area contributed by atoms with E-state index in [1.807, 2.05) is 49.5 Å². The molecule has 30 heavy (non-hydrogen) atoms. The fraction of sp³-hybridized carbons (Fsp3) is 0.227. The molecule has 156 valence electrons. The molecule has 0 saturated heterocycles. The molecule has 0 unspecified atom stereocenters. The van der Waals surface area contributed by atoms with Gasteiger partial charge in [-0.15, -0.1) is 0 Å². The van der Waals surface area contributed by atoms with Gasteiger partial charge in [0.05, 0.1) is 19.3 Å². The van der Waals surface area contributed by atoms with E-state index in [-0.39, 0.29) is 18.4 Å². The SMILES string of the molecule is CCN(CC(=O)Nc1nc(-c2ccc(Cl)cc2)cn1-c1ccc(OC)cc1)C(C)=O. The highest BCUT2D eigenvalue weighted by molar-refractivity contribution is 6.30. The molecule has 2 amide bonds. The van der Waals surface area contributed by atoms with Crippen LogP contribution in [0.15, 0.2) is 54.7 Å². The van der Waals surface area contributed by atoms with Crippen LogP contribution in [-0.4, -0.2) is 46.5 Å². The number of benzene rings is 2. The highest BCUT2D eigenvalue weighted by Gasteiger charge is 2.17. The van der Waals surface area contributed by atoms with Crippen molar-refractivity contribution in [1.82, 2.24) is 14.5 Å². The number of carbonyl (C=O) groups excluding carboxylic acids is 2. The number of carbonyl (C=O) groups is 2. The number of halogens is 1. The standard InChI is InChI=1S/C22H23ClN4O3/c1-4-26(15(2)28)14-21(29)25-22-24-20(16-5-7-17(23)8-6-16)13-27(22)18-9-11-19(30-3)12-10-18/h5-13H,4,14H2,1-3H3,(H,24,25,29). The molecule has 1 N–H and O–H groups in total. The Morgan fingerprint density at radius 2 is 1.80 bits per heavy atom. The van der Waals surface area contributed by atoms with Gasteiger partial charge in [0, 0.05) is 35.9 Å². The summed E-state index contributed by atoms with van der Waals surface area (Å²) in [5.74, 6) is 0.597. The number of aromatic nitrogens is 2. The largest absolute Gasteiger partial charge is 0.497 e. The van der Waals surface area contributed by atoms with E-state index in [4.69, 9.17) is 16.3 Å². The van der Waals surface area contributed by atoms with E-state index >= 15 is 0 Å². The summed E-state index contributed by atoms with van der Waals surface area (Å²) >= 11 is 5.99. The molecule has 0 radical (unpaired) electrons. The quantitative estimate of drug-likeness (QED) is 0.619. The summed E-state index contributed by atoms with van der Waals surface area (Å²) < 4.78 is 7.00. The van der Waals surface area contributed by atoms with Crippen molar-refractivity contribution < 1.29 is 14.3 Å². The lowest BCUT2D eigenvalue weighted by molar-refractivity contribution is -0.132. The van der Waals surface area contributed by atoms with Crippen molar-refractivity contribution in [1.29, 1.82) is 0 Å². The van der Waals surface area contributed by atoms with E-state index in [0.29, 0.717) is 23.2 Å². The lowest BCUT2D eigenvalue weighted by atomic mass is 10.2. The summed E-state index contributed by atoms with van der Waals surface area (Å²) in [5, 5.41) is 3.45. The van der Waals surface area contributed by atoms with Gasteiger partial charge in [-0.1, -0.05) is 23.7 Å². The van der Waals surface area contributed by atoms with E-state index in [1.165, 1.54) is 11.8 Å². The summed E-state index contributed by atoms with van der Waals surface area (Å²) in [6.45, 7) is 3.67. The molecule has 3 aromatic rings. The molecule has 1 heterocycles. The van der Waals surface area contributed by atoms with E-state index in [2.05, 4.69) is 10.3 Å². The first-order valence-corrected chi connectivity index (χ1v) is 9.84. The Hall–Kier alpha value is -3.32. The Labute approximate surface area is 180 Å². The summed E-state index contributed by atoms with van der Waals surface area (Å²) in [7, 11) is 1.60. The summed E-state index contributed by atoms with van der Waals surface area (Å²) in [5.41, 5.74) is 2.34. The summed E-state index contributed by atoms with van der Waals surface area (Å²) in [6.07, 6.45) is 1.84. The van der Waals surface area contributed by atoms with Crippen LogP contribution in [0.1, 0.15) is 13.8 Å². The second-order valence-corrected chi connectivity index (χ2v) is 7.04. The molecule has 7 nitrogen and oxygen atoms in total. The monoisotopic (exact) mass is 426 g/mol. The van der Waals surface area contributed by atoms with Gasteiger partial charge in [-0.3, -0.25) is 19.5 Å². The molecular weight excluding hydrogens is 404 g/mol. The number of hydrogen-bond acceptors (Lipinski definition) is 4. The van der Waals surface area contributed by atoms with Gasteiger partial charge in [-0.2, -0.15) is 0 Å². The van der Waals surface area contributed by atoms with E-state index in [0.717, 1.165) is 17.0 Å². The molecule has 0 aliphatic rings. The molecule has 0 fully saturated rings. The van der Waals surface area contributed by atoms with Crippen LogP contribution in [0.25, 0.3) is 16.9 Å².